The number of alkyl halides is 3. The highest BCUT2D eigenvalue weighted by atomic mass is 32.2. The van der Waals surface area contributed by atoms with Gasteiger partial charge in [-0.15, -0.1) is 0 Å². The van der Waals surface area contributed by atoms with E-state index in [2.05, 4.69) is 4.72 Å². The van der Waals surface area contributed by atoms with Crippen LogP contribution in [0.15, 0.2) is 47.4 Å². The number of carbonyl (C=O) groups is 1. The second-order valence-corrected chi connectivity index (χ2v) is 6.63. The molecule has 0 radical (unpaired) electrons. The fraction of sp³-hybridized carbons (Fsp3) is 0.133. The van der Waals surface area contributed by atoms with Gasteiger partial charge in [0.25, 0.3) is 10.0 Å². The predicted octanol–water partition coefficient (Wildman–Crippen LogP) is 2.18. The van der Waals surface area contributed by atoms with Crippen LogP contribution < -0.4 is 9.83 Å². The molecule has 0 aliphatic carbocycles. The second kappa shape index (κ2) is 6.16. The van der Waals surface area contributed by atoms with Crippen molar-refractivity contribution in [3.8, 4) is 0 Å². The normalized spacial score (nSPS) is 12.0. The smallest absolute Gasteiger partial charge is 0.416 e. The number of anilines is 1. The Hall–Kier alpha value is -2.55. The summed E-state index contributed by atoms with van der Waals surface area (Å²) in [6.45, 7) is 1.52. The van der Waals surface area contributed by atoms with E-state index < -0.39 is 32.6 Å². The summed E-state index contributed by atoms with van der Waals surface area (Å²) in [5.41, 5.74) is -1.03. The Morgan fingerprint density at radius 3 is 2.38 bits per heavy atom. The van der Waals surface area contributed by atoms with Crippen LogP contribution in [0.3, 0.4) is 0 Å². The molecule has 2 aromatic rings. The number of carboxylic acids is 1. The molecule has 0 aliphatic rings. The lowest BCUT2D eigenvalue weighted by Crippen LogP contribution is -2.22. The van der Waals surface area contributed by atoms with Gasteiger partial charge in [0.05, 0.1) is 22.1 Å². The van der Waals surface area contributed by atoms with Crippen LogP contribution in [0.25, 0.3) is 0 Å². The molecule has 24 heavy (non-hydrogen) atoms. The minimum absolute atomic E-state index is 0.0610. The van der Waals surface area contributed by atoms with E-state index in [1.807, 2.05) is 0 Å². The highest BCUT2D eigenvalue weighted by molar-refractivity contribution is 7.92. The van der Waals surface area contributed by atoms with Gasteiger partial charge in [-0.2, -0.15) is 13.2 Å². The van der Waals surface area contributed by atoms with Crippen molar-refractivity contribution >= 4 is 21.7 Å². The zero-order chi connectivity index (χ0) is 18.1. The minimum Gasteiger partial charge on any atom is -0.545 e. The van der Waals surface area contributed by atoms with Crippen molar-refractivity contribution < 1.29 is 31.5 Å². The van der Waals surface area contributed by atoms with Crippen molar-refractivity contribution in [1.82, 2.24) is 0 Å². The summed E-state index contributed by atoms with van der Waals surface area (Å²) in [5.74, 6) is -1.51. The Morgan fingerprint density at radius 1 is 1.12 bits per heavy atom. The van der Waals surface area contributed by atoms with Crippen molar-refractivity contribution in [2.24, 2.45) is 0 Å². The van der Waals surface area contributed by atoms with Crippen molar-refractivity contribution in [2.75, 3.05) is 4.72 Å². The number of halogens is 3. The molecule has 9 heteroatoms. The zero-order valence-corrected chi connectivity index (χ0v) is 13.0. The van der Waals surface area contributed by atoms with Gasteiger partial charge < -0.3 is 9.90 Å². The maximum Gasteiger partial charge on any atom is 0.416 e. The lowest BCUT2D eigenvalue weighted by molar-refractivity contribution is -0.255. The maximum atomic E-state index is 12.7. The van der Waals surface area contributed by atoms with E-state index in [0.29, 0.717) is 11.6 Å². The lowest BCUT2D eigenvalue weighted by atomic mass is 10.1. The minimum atomic E-state index is -4.68. The molecule has 0 bridgehead atoms. The molecule has 0 saturated heterocycles. The molecule has 1 N–H and O–H groups in total. The number of hydrogen-bond donors (Lipinski definition) is 1. The van der Waals surface area contributed by atoms with Gasteiger partial charge in [-0.25, -0.2) is 8.42 Å². The van der Waals surface area contributed by atoms with Gasteiger partial charge in [-0.1, -0.05) is 18.2 Å². The van der Waals surface area contributed by atoms with E-state index in [9.17, 15) is 31.5 Å². The molecule has 0 atom stereocenters. The number of benzene rings is 2. The van der Waals surface area contributed by atoms with Gasteiger partial charge in [-0.05, 0) is 42.3 Å². The fourth-order valence-corrected chi connectivity index (χ4v) is 3.07. The van der Waals surface area contributed by atoms with Gasteiger partial charge in [-0.3, -0.25) is 4.72 Å². The molecule has 0 aliphatic heterocycles. The Bertz CT molecular complexity index is 892. The maximum absolute atomic E-state index is 12.7. The van der Waals surface area contributed by atoms with Crippen LogP contribution in [-0.4, -0.2) is 14.4 Å². The highest BCUT2D eigenvalue weighted by Gasteiger charge is 2.31. The molecule has 0 unspecified atom stereocenters. The molecule has 0 heterocycles. The summed E-state index contributed by atoms with van der Waals surface area (Å²) in [6.07, 6.45) is -4.68. The SMILES string of the molecule is Cc1ccc(C(=O)[O-])cc1NS(=O)(=O)c1cccc(C(F)(F)F)c1. The number of hydrogen-bond acceptors (Lipinski definition) is 4. The van der Waals surface area contributed by atoms with Gasteiger partial charge in [0.1, 0.15) is 0 Å². The van der Waals surface area contributed by atoms with Crippen molar-refractivity contribution in [2.45, 2.75) is 18.0 Å². The number of carboxylic acid groups (broad SMARTS) is 1. The summed E-state index contributed by atoms with van der Waals surface area (Å²) < 4.78 is 64.7. The number of sulfonamides is 1. The van der Waals surface area contributed by atoms with Gasteiger partial charge in [0, 0.05) is 0 Å². The quantitative estimate of drug-likeness (QED) is 0.908. The predicted molar refractivity (Wildman–Crippen MR) is 77.8 cm³/mol. The van der Waals surface area contributed by atoms with Crippen LogP contribution in [0, 0.1) is 6.92 Å². The van der Waals surface area contributed by atoms with Crippen LogP contribution >= 0.6 is 0 Å². The van der Waals surface area contributed by atoms with E-state index >= 15 is 0 Å². The molecule has 0 aromatic heterocycles. The third kappa shape index (κ3) is 3.85. The number of rotatable bonds is 4. The van der Waals surface area contributed by atoms with Crippen LogP contribution in [0.5, 0.6) is 0 Å². The molecule has 0 spiro atoms. The first-order valence-electron chi connectivity index (χ1n) is 6.53. The summed E-state index contributed by atoms with van der Waals surface area (Å²) in [7, 11) is -4.32. The first kappa shape index (κ1) is 17.8. The largest absolute Gasteiger partial charge is 0.545 e. The topological polar surface area (TPSA) is 86.3 Å². The monoisotopic (exact) mass is 358 g/mol. The van der Waals surface area contributed by atoms with Crippen LogP contribution in [0.2, 0.25) is 0 Å². The molecule has 0 saturated carbocycles. The fourth-order valence-electron chi connectivity index (χ4n) is 1.90. The Labute approximate surface area is 135 Å². The number of aromatic carboxylic acids is 1. The number of nitrogens with one attached hydrogen (secondary N) is 1. The Morgan fingerprint density at radius 2 is 1.79 bits per heavy atom. The standard InChI is InChI=1S/C15H12F3NO4S/c1-9-5-6-10(14(20)21)7-13(9)19-24(22,23)12-4-2-3-11(8-12)15(16,17)18/h2-8,19H,1H3,(H,20,21)/p-1. The van der Waals surface area contributed by atoms with Gasteiger partial charge >= 0.3 is 6.18 Å². The highest BCUT2D eigenvalue weighted by Crippen LogP contribution is 2.31. The van der Waals surface area contributed by atoms with E-state index in [1.165, 1.54) is 19.1 Å². The number of aryl methyl sites for hydroxylation is 1. The van der Waals surface area contributed by atoms with Crippen molar-refractivity contribution in [1.29, 1.82) is 0 Å². The molecular weight excluding hydrogens is 347 g/mol. The first-order chi connectivity index (χ1) is 11.0. The van der Waals surface area contributed by atoms with E-state index in [4.69, 9.17) is 0 Å². The molecule has 2 rings (SSSR count). The Kier molecular flexibility index (Phi) is 4.57. The molecule has 0 fully saturated rings. The number of carbonyl (C=O) groups excluding carboxylic acids is 1. The summed E-state index contributed by atoms with van der Waals surface area (Å²) in [4.78, 5) is 10.3. The lowest BCUT2D eigenvalue weighted by Gasteiger charge is -2.14. The van der Waals surface area contributed by atoms with Gasteiger partial charge in [0.15, 0.2) is 0 Å². The molecule has 128 valence electrons. The second-order valence-electron chi connectivity index (χ2n) is 4.95. The molecular formula is C15H11F3NO4S-. The Balaban J connectivity index is 2.43. The molecule has 0 amide bonds. The summed E-state index contributed by atoms with van der Waals surface area (Å²) >= 11 is 0. The first-order valence-corrected chi connectivity index (χ1v) is 8.01. The average molecular weight is 358 g/mol. The summed E-state index contributed by atoms with van der Waals surface area (Å²) in [6, 6.07) is 6.86. The van der Waals surface area contributed by atoms with Crippen LogP contribution in [0.4, 0.5) is 18.9 Å². The van der Waals surface area contributed by atoms with E-state index in [0.717, 1.165) is 24.3 Å². The third-order valence-corrected chi connectivity index (χ3v) is 4.55. The van der Waals surface area contributed by atoms with E-state index in [1.54, 1.807) is 0 Å². The van der Waals surface area contributed by atoms with Crippen molar-refractivity contribution in [3.05, 3.63) is 59.2 Å². The summed E-state index contributed by atoms with van der Waals surface area (Å²) in [5, 5.41) is 10.8. The van der Waals surface area contributed by atoms with Crippen molar-refractivity contribution in [3.63, 3.8) is 0 Å². The van der Waals surface area contributed by atoms with Crippen LogP contribution in [0.1, 0.15) is 21.5 Å². The van der Waals surface area contributed by atoms with Gasteiger partial charge in [0.2, 0.25) is 0 Å². The average Bonchev–Trinajstić information content (AvgIpc) is 2.48. The van der Waals surface area contributed by atoms with Crippen LogP contribution in [-0.2, 0) is 16.2 Å². The third-order valence-electron chi connectivity index (χ3n) is 3.19. The van der Waals surface area contributed by atoms with E-state index in [-0.39, 0.29) is 11.3 Å². The zero-order valence-electron chi connectivity index (χ0n) is 12.2. The molecule has 2 aromatic carbocycles. The molecule has 5 nitrogen and oxygen atoms in total.